The lowest BCUT2D eigenvalue weighted by Crippen LogP contribution is -2.10. The molecule has 1 heterocycles. The van der Waals surface area contributed by atoms with Gasteiger partial charge in [0.1, 0.15) is 5.69 Å². The average molecular weight is 309 g/mol. The van der Waals surface area contributed by atoms with Crippen LogP contribution in [0.25, 0.3) is 10.9 Å². The van der Waals surface area contributed by atoms with E-state index in [4.69, 9.17) is 23.2 Å². The second-order valence-corrected chi connectivity index (χ2v) is 4.71. The molecule has 0 amide bonds. The number of nitrogens with zero attached hydrogens (tertiary/aromatic N) is 1. The molecule has 0 fully saturated rings. The Morgan fingerprint density at radius 2 is 1.89 bits per heavy atom. The van der Waals surface area contributed by atoms with Gasteiger partial charge in [0.2, 0.25) is 0 Å². The topological polar surface area (TPSA) is 24.9 Å². The molecule has 0 aliphatic rings. The molecule has 0 saturated heterocycles. The first-order valence-electron chi connectivity index (χ1n) is 5.43. The molecule has 2 aromatic rings. The molecule has 0 saturated carbocycles. The van der Waals surface area contributed by atoms with Gasteiger partial charge in [-0.3, -0.25) is 0 Å². The first-order chi connectivity index (χ1) is 8.82. The molecule has 2 nitrogen and oxygen atoms in total. The predicted octanol–water partition coefficient (Wildman–Crippen LogP) is 4.99. The number of aromatic nitrogens is 1. The predicted molar refractivity (Wildman–Crippen MR) is 70.9 cm³/mol. The van der Waals surface area contributed by atoms with Gasteiger partial charge in [0.05, 0.1) is 10.5 Å². The number of benzene rings is 1. The molecule has 1 aromatic carbocycles. The fraction of sp³-hybridized carbons (Fsp3) is 0.250. The Hall–Kier alpha value is -1.20. The van der Waals surface area contributed by atoms with Gasteiger partial charge in [0.25, 0.3) is 0 Å². The third-order valence-corrected chi connectivity index (χ3v) is 3.00. The number of halogens is 5. The Labute approximate surface area is 117 Å². The van der Waals surface area contributed by atoms with E-state index >= 15 is 0 Å². The first-order valence-corrected chi connectivity index (χ1v) is 6.19. The van der Waals surface area contributed by atoms with Crippen molar-refractivity contribution in [3.8, 4) is 0 Å². The highest BCUT2D eigenvalue weighted by atomic mass is 35.5. The summed E-state index contributed by atoms with van der Waals surface area (Å²) in [6.45, 7) is 2.25. The van der Waals surface area contributed by atoms with Crippen molar-refractivity contribution < 1.29 is 13.2 Å². The summed E-state index contributed by atoms with van der Waals surface area (Å²) < 4.78 is 38.3. The van der Waals surface area contributed by atoms with E-state index < -0.39 is 11.9 Å². The van der Waals surface area contributed by atoms with Crippen LogP contribution in [0.5, 0.6) is 0 Å². The third-order valence-electron chi connectivity index (χ3n) is 2.48. The molecular formula is C12H9Cl2F3N2. The van der Waals surface area contributed by atoms with Crippen LogP contribution in [-0.4, -0.2) is 11.5 Å². The highest BCUT2D eigenvalue weighted by Gasteiger charge is 2.33. The van der Waals surface area contributed by atoms with Gasteiger partial charge in [0, 0.05) is 22.6 Å². The van der Waals surface area contributed by atoms with E-state index in [1.807, 2.05) is 0 Å². The highest BCUT2D eigenvalue weighted by molar-refractivity contribution is 6.39. The molecule has 0 atom stereocenters. The van der Waals surface area contributed by atoms with E-state index in [1.54, 1.807) is 6.92 Å². The fourth-order valence-electron chi connectivity index (χ4n) is 1.76. The second kappa shape index (κ2) is 5.06. The maximum atomic E-state index is 12.8. The van der Waals surface area contributed by atoms with E-state index in [1.165, 1.54) is 12.1 Å². The number of alkyl halides is 3. The van der Waals surface area contributed by atoms with Crippen molar-refractivity contribution in [2.24, 2.45) is 0 Å². The maximum absolute atomic E-state index is 12.8. The van der Waals surface area contributed by atoms with Gasteiger partial charge in [-0.25, -0.2) is 4.98 Å². The van der Waals surface area contributed by atoms with Gasteiger partial charge in [0.15, 0.2) is 0 Å². The van der Waals surface area contributed by atoms with Crippen molar-refractivity contribution in [2.45, 2.75) is 13.1 Å². The second-order valence-electron chi connectivity index (χ2n) is 3.86. The van der Waals surface area contributed by atoms with Crippen LogP contribution in [0, 0.1) is 0 Å². The van der Waals surface area contributed by atoms with Gasteiger partial charge in [-0.05, 0) is 25.1 Å². The fourth-order valence-corrected chi connectivity index (χ4v) is 2.35. The third kappa shape index (κ3) is 2.87. The summed E-state index contributed by atoms with van der Waals surface area (Å²) in [5.74, 6) is 0. The summed E-state index contributed by atoms with van der Waals surface area (Å²) in [5, 5.41) is 3.79. The average Bonchev–Trinajstić information content (AvgIpc) is 2.26. The Morgan fingerprint density at radius 3 is 2.47 bits per heavy atom. The Kier molecular flexibility index (Phi) is 3.78. The Morgan fingerprint density at radius 1 is 1.21 bits per heavy atom. The van der Waals surface area contributed by atoms with Crippen molar-refractivity contribution in [3.63, 3.8) is 0 Å². The maximum Gasteiger partial charge on any atom is 0.433 e. The van der Waals surface area contributed by atoms with Crippen molar-refractivity contribution in [2.75, 3.05) is 11.9 Å². The van der Waals surface area contributed by atoms with E-state index in [2.05, 4.69) is 10.3 Å². The number of fused-ring (bicyclic) bond motifs is 1. The summed E-state index contributed by atoms with van der Waals surface area (Å²) in [4.78, 5) is 3.58. The zero-order chi connectivity index (χ0) is 14.2. The van der Waals surface area contributed by atoms with Crippen LogP contribution < -0.4 is 5.32 Å². The molecule has 0 aliphatic heterocycles. The number of pyridine rings is 1. The molecule has 2 rings (SSSR count). The zero-order valence-electron chi connectivity index (χ0n) is 9.78. The van der Waals surface area contributed by atoms with Gasteiger partial charge in [-0.1, -0.05) is 23.2 Å². The molecule has 0 spiro atoms. The zero-order valence-corrected chi connectivity index (χ0v) is 11.3. The van der Waals surface area contributed by atoms with Crippen LogP contribution in [0.1, 0.15) is 12.6 Å². The van der Waals surface area contributed by atoms with Crippen LogP contribution in [0.2, 0.25) is 10.0 Å². The van der Waals surface area contributed by atoms with Crippen molar-refractivity contribution >= 4 is 39.8 Å². The SMILES string of the molecule is CCNc1cc(C(F)(F)F)nc2cc(Cl)cc(Cl)c12. The van der Waals surface area contributed by atoms with Crippen molar-refractivity contribution in [1.29, 1.82) is 0 Å². The van der Waals surface area contributed by atoms with Gasteiger partial charge >= 0.3 is 6.18 Å². The molecular weight excluding hydrogens is 300 g/mol. The monoisotopic (exact) mass is 308 g/mol. The van der Waals surface area contributed by atoms with Gasteiger partial charge < -0.3 is 5.32 Å². The molecule has 19 heavy (non-hydrogen) atoms. The molecule has 0 bridgehead atoms. The summed E-state index contributed by atoms with van der Waals surface area (Å²) in [7, 11) is 0. The summed E-state index contributed by atoms with van der Waals surface area (Å²) in [6, 6.07) is 3.78. The Balaban J connectivity index is 2.79. The van der Waals surface area contributed by atoms with Gasteiger partial charge in [-0.15, -0.1) is 0 Å². The number of hydrogen-bond donors (Lipinski definition) is 1. The molecule has 0 unspecified atom stereocenters. The Bertz CT molecular complexity index is 626. The molecule has 102 valence electrons. The van der Waals surface area contributed by atoms with Crippen molar-refractivity contribution in [3.05, 3.63) is 33.9 Å². The molecule has 0 aliphatic carbocycles. The minimum absolute atomic E-state index is 0.114. The minimum atomic E-state index is -4.52. The highest BCUT2D eigenvalue weighted by Crippen LogP contribution is 2.37. The molecule has 1 aromatic heterocycles. The number of rotatable bonds is 2. The van der Waals surface area contributed by atoms with E-state index in [0.29, 0.717) is 17.6 Å². The smallest absolute Gasteiger partial charge is 0.385 e. The molecule has 1 N–H and O–H groups in total. The lowest BCUT2D eigenvalue weighted by molar-refractivity contribution is -0.140. The van der Waals surface area contributed by atoms with E-state index in [0.717, 1.165) is 6.07 Å². The van der Waals surface area contributed by atoms with Crippen LogP contribution >= 0.6 is 23.2 Å². The quantitative estimate of drug-likeness (QED) is 0.845. The molecule has 7 heteroatoms. The van der Waals surface area contributed by atoms with Crippen LogP contribution in [0.4, 0.5) is 18.9 Å². The molecule has 0 radical (unpaired) electrons. The number of hydrogen-bond acceptors (Lipinski definition) is 2. The number of anilines is 1. The first kappa shape index (κ1) is 14.2. The summed E-state index contributed by atoms with van der Waals surface area (Å²) >= 11 is 11.8. The lowest BCUT2D eigenvalue weighted by atomic mass is 10.1. The van der Waals surface area contributed by atoms with Crippen LogP contribution in [0.3, 0.4) is 0 Å². The minimum Gasteiger partial charge on any atom is -0.385 e. The number of nitrogens with one attached hydrogen (secondary N) is 1. The standard InChI is InChI=1S/C12H9Cl2F3N2/c1-2-18-8-5-10(12(15,16)17)19-9-4-6(13)3-7(14)11(8)9/h3-5H,2H2,1H3,(H,18,19). The van der Waals surface area contributed by atoms with E-state index in [9.17, 15) is 13.2 Å². The van der Waals surface area contributed by atoms with E-state index in [-0.39, 0.29) is 15.6 Å². The lowest BCUT2D eigenvalue weighted by Gasteiger charge is -2.13. The van der Waals surface area contributed by atoms with Crippen molar-refractivity contribution in [1.82, 2.24) is 4.98 Å². The largest absolute Gasteiger partial charge is 0.433 e. The normalized spacial score (nSPS) is 11.9. The summed E-state index contributed by atoms with van der Waals surface area (Å²) in [5.41, 5.74) is -0.570. The van der Waals surface area contributed by atoms with Crippen LogP contribution in [0.15, 0.2) is 18.2 Å². The van der Waals surface area contributed by atoms with Gasteiger partial charge in [-0.2, -0.15) is 13.2 Å². The summed E-state index contributed by atoms with van der Waals surface area (Å²) in [6.07, 6.45) is -4.52. The van der Waals surface area contributed by atoms with Crippen LogP contribution in [-0.2, 0) is 6.18 Å².